The molecular formula is C21H32ClN3O3. The highest BCUT2D eigenvalue weighted by Gasteiger charge is 2.26. The maximum absolute atomic E-state index is 12.7. The summed E-state index contributed by atoms with van der Waals surface area (Å²) in [5, 5.41) is 6.30. The highest BCUT2D eigenvalue weighted by molar-refractivity contribution is 5.94. The third-order valence-electron chi connectivity index (χ3n) is 5.34. The van der Waals surface area contributed by atoms with Crippen LogP contribution in [0.5, 0.6) is 0 Å². The number of carbonyl (C=O) groups excluding carboxylic acids is 2. The Balaban J connectivity index is 0.00000280. The Morgan fingerprint density at radius 2 is 1.86 bits per heavy atom. The molecule has 1 aromatic rings. The van der Waals surface area contributed by atoms with Crippen LogP contribution in [0.3, 0.4) is 0 Å². The van der Waals surface area contributed by atoms with Gasteiger partial charge in [-0.1, -0.05) is 12.1 Å². The molecule has 28 heavy (non-hydrogen) atoms. The summed E-state index contributed by atoms with van der Waals surface area (Å²) in [6.45, 7) is 7.83. The van der Waals surface area contributed by atoms with Gasteiger partial charge in [0.2, 0.25) is 5.91 Å². The Labute approximate surface area is 173 Å². The van der Waals surface area contributed by atoms with Crippen LogP contribution < -0.4 is 10.6 Å². The molecule has 0 saturated carbocycles. The maximum atomic E-state index is 12.7. The smallest absolute Gasteiger partial charge is 0.254 e. The summed E-state index contributed by atoms with van der Waals surface area (Å²) in [6.07, 6.45) is 2.82. The first-order valence-electron chi connectivity index (χ1n) is 10.0. The van der Waals surface area contributed by atoms with E-state index in [4.69, 9.17) is 4.74 Å². The molecule has 156 valence electrons. The molecule has 0 bridgehead atoms. The molecule has 0 radical (unpaired) electrons. The molecule has 2 aliphatic rings. The number of ether oxygens (including phenoxy) is 1. The maximum Gasteiger partial charge on any atom is 0.254 e. The van der Waals surface area contributed by atoms with Crippen molar-refractivity contribution in [3.63, 3.8) is 0 Å². The summed E-state index contributed by atoms with van der Waals surface area (Å²) in [5.41, 5.74) is 1.69. The number of benzene rings is 1. The molecule has 2 aliphatic heterocycles. The van der Waals surface area contributed by atoms with Crippen LogP contribution in [-0.2, 0) is 16.1 Å². The number of nitrogens with one attached hydrogen (secondary N) is 2. The van der Waals surface area contributed by atoms with Crippen molar-refractivity contribution in [2.24, 2.45) is 5.92 Å². The zero-order valence-electron chi connectivity index (χ0n) is 16.8. The van der Waals surface area contributed by atoms with Crippen LogP contribution in [0.25, 0.3) is 0 Å². The first-order valence-corrected chi connectivity index (χ1v) is 10.0. The van der Waals surface area contributed by atoms with Gasteiger partial charge >= 0.3 is 0 Å². The molecule has 7 heteroatoms. The number of morpholine rings is 1. The Morgan fingerprint density at radius 3 is 2.46 bits per heavy atom. The number of hydrogen-bond donors (Lipinski definition) is 2. The molecule has 3 unspecified atom stereocenters. The average Bonchev–Trinajstić information content (AvgIpc) is 3.17. The van der Waals surface area contributed by atoms with Gasteiger partial charge in [0.1, 0.15) is 0 Å². The topological polar surface area (TPSA) is 70.7 Å². The van der Waals surface area contributed by atoms with Crippen molar-refractivity contribution in [3.8, 4) is 0 Å². The van der Waals surface area contributed by atoms with Gasteiger partial charge in [0.05, 0.1) is 12.2 Å². The van der Waals surface area contributed by atoms with Crippen LogP contribution in [0.15, 0.2) is 24.3 Å². The predicted octanol–water partition coefficient (Wildman–Crippen LogP) is 2.36. The quantitative estimate of drug-likeness (QED) is 0.756. The fourth-order valence-electron chi connectivity index (χ4n) is 3.88. The lowest BCUT2D eigenvalue weighted by molar-refractivity contribution is -0.121. The summed E-state index contributed by atoms with van der Waals surface area (Å²) >= 11 is 0. The fraction of sp³-hybridized carbons (Fsp3) is 0.619. The van der Waals surface area contributed by atoms with E-state index < -0.39 is 0 Å². The normalized spacial score (nSPS) is 24.5. The Kier molecular flexibility index (Phi) is 8.73. The van der Waals surface area contributed by atoms with Crippen molar-refractivity contribution in [2.45, 2.75) is 51.9 Å². The number of hydrogen-bond acceptors (Lipinski definition) is 4. The van der Waals surface area contributed by atoms with Crippen LogP contribution in [-0.4, -0.2) is 55.1 Å². The molecule has 2 saturated heterocycles. The highest BCUT2D eigenvalue weighted by Crippen LogP contribution is 2.16. The van der Waals surface area contributed by atoms with E-state index in [1.165, 1.54) is 6.42 Å². The SMILES string of the molecule is CC1CN(C(=O)c2ccc(CNC(=O)CCC3CCNC3)cc2)CC(C)O1.Cl. The van der Waals surface area contributed by atoms with Gasteiger partial charge in [-0.05, 0) is 63.4 Å². The third-order valence-corrected chi connectivity index (χ3v) is 5.34. The van der Waals surface area contributed by atoms with Gasteiger partial charge in [0, 0.05) is 31.6 Å². The minimum atomic E-state index is 0. The van der Waals surface area contributed by atoms with Crippen LogP contribution >= 0.6 is 12.4 Å². The number of carbonyl (C=O) groups is 2. The van der Waals surface area contributed by atoms with E-state index in [0.717, 1.165) is 25.1 Å². The van der Waals surface area contributed by atoms with E-state index in [-0.39, 0.29) is 36.4 Å². The van der Waals surface area contributed by atoms with Gasteiger partial charge in [-0.2, -0.15) is 0 Å². The first-order chi connectivity index (χ1) is 13.0. The van der Waals surface area contributed by atoms with Crippen LogP contribution in [0, 0.1) is 5.92 Å². The van der Waals surface area contributed by atoms with Gasteiger partial charge in [-0.25, -0.2) is 0 Å². The largest absolute Gasteiger partial charge is 0.372 e. The molecule has 0 spiro atoms. The lowest BCUT2D eigenvalue weighted by Gasteiger charge is -2.35. The molecule has 0 aliphatic carbocycles. The summed E-state index contributed by atoms with van der Waals surface area (Å²) in [5.74, 6) is 0.766. The zero-order chi connectivity index (χ0) is 19.2. The molecule has 3 rings (SSSR count). The predicted molar refractivity (Wildman–Crippen MR) is 112 cm³/mol. The third kappa shape index (κ3) is 6.47. The molecule has 3 atom stereocenters. The second kappa shape index (κ2) is 10.8. The van der Waals surface area contributed by atoms with Gasteiger partial charge in [0.15, 0.2) is 0 Å². The van der Waals surface area contributed by atoms with Crippen molar-refractivity contribution in [1.82, 2.24) is 15.5 Å². The molecule has 2 fully saturated rings. The van der Waals surface area contributed by atoms with Gasteiger partial charge in [0.25, 0.3) is 5.91 Å². The first kappa shape index (κ1) is 22.7. The van der Waals surface area contributed by atoms with Gasteiger partial charge < -0.3 is 20.3 Å². The monoisotopic (exact) mass is 409 g/mol. The summed E-state index contributed by atoms with van der Waals surface area (Å²) in [4.78, 5) is 26.5. The molecule has 0 aromatic heterocycles. The molecule has 2 amide bonds. The fourth-order valence-corrected chi connectivity index (χ4v) is 3.88. The Bertz CT molecular complexity index is 637. The Hall–Kier alpha value is -1.63. The van der Waals surface area contributed by atoms with E-state index in [1.807, 2.05) is 43.0 Å². The van der Waals surface area contributed by atoms with Crippen LogP contribution in [0.1, 0.15) is 49.0 Å². The van der Waals surface area contributed by atoms with Crippen LogP contribution in [0.4, 0.5) is 0 Å². The second-order valence-electron chi connectivity index (χ2n) is 7.84. The number of nitrogens with zero attached hydrogens (tertiary/aromatic N) is 1. The van der Waals surface area contributed by atoms with Gasteiger partial charge in [-0.3, -0.25) is 9.59 Å². The molecule has 2 N–H and O–H groups in total. The minimum absolute atomic E-state index is 0. The standard InChI is InChI=1S/C21H31N3O3.ClH/c1-15-13-24(14-16(2)27-15)21(26)19-6-3-17(4-7-19)12-23-20(25)8-5-18-9-10-22-11-18;/h3-4,6-7,15-16,18,22H,5,8-14H2,1-2H3,(H,23,25);1H. The van der Waals surface area contributed by atoms with E-state index in [2.05, 4.69) is 10.6 Å². The summed E-state index contributed by atoms with van der Waals surface area (Å²) in [6, 6.07) is 7.53. The molecular weight excluding hydrogens is 378 g/mol. The van der Waals surface area contributed by atoms with Crippen molar-refractivity contribution < 1.29 is 14.3 Å². The van der Waals surface area contributed by atoms with E-state index in [1.54, 1.807) is 0 Å². The minimum Gasteiger partial charge on any atom is -0.372 e. The molecule has 6 nitrogen and oxygen atoms in total. The van der Waals surface area contributed by atoms with Crippen molar-refractivity contribution in [3.05, 3.63) is 35.4 Å². The number of amides is 2. The lowest BCUT2D eigenvalue weighted by Crippen LogP contribution is -2.48. The van der Waals surface area contributed by atoms with Crippen molar-refractivity contribution in [1.29, 1.82) is 0 Å². The van der Waals surface area contributed by atoms with E-state index in [0.29, 0.717) is 37.5 Å². The number of halogens is 1. The van der Waals surface area contributed by atoms with Gasteiger partial charge in [-0.15, -0.1) is 12.4 Å². The summed E-state index contributed by atoms with van der Waals surface area (Å²) in [7, 11) is 0. The summed E-state index contributed by atoms with van der Waals surface area (Å²) < 4.78 is 5.69. The molecule has 1 aromatic carbocycles. The lowest BCUT2D eigenvalue weighted by atomic mass is 10.0. The molecule has 2 heterocycles. The zero-order valence-corrected chi connectivity index (χ0v) is 17.6. The van der Waals surface area contributed by atoms with E-state index in [9.17, 15) is 9.59 Å². The van der Waals surface area contributed by atoms with Crippen molar-refractivity contribution >= 4 is 24.2 Å². The number of rotatable bonds is 6. The second-order valence-corrected chi connectivity index (χ2v) is 7.84. The Morgan fingerprint density at radius 1 is 1.18 bits per heavy atom. The van der Waals surface area contributed by atoms with Crippen LogP contribution in [0.2, 0.25) is 0 Å². The van der Waals surface area contributed by atoms with E-state index >= 15 is 0 Å². The highest BCUT2D eigenvalue weighted by atomic mass is 35.5. The average molecular weight is 410 g/mol. The van der Waals surface area contributed by atoms with Crippen molar-refractivity contribution in [2.75, 3.05) is 26.2 Å².